The summed E-state index contributed by atoms with van der Waals surface area (Å²) in [5.41, 5.74) is 0.781. The third kappa shape index (κ3) is 3.62. The molecule has 0 radical (unpaired) electrons. The van der Waals surface area contributed by atoms with E-state index < -0.39 is 12.0 Å². The number of benzene rings is 1. The highest BCUT2D eigenvalue weighted by Crippen LogP contribution is 2.30. The predicted molar refractivity (Wildman–Crippen MR) is 96.9 cm³/mol. The summed E-state index contributed by atoms with van der Waals surface area (Å²) in [6, 6.07) is 10.9. The number of hydrogen-bond donors (Lipinski definition) is 0. The van der Waals surface area contributed by atoms with E-state index in [-0.39, 0.29) is 12.2 Å². The number of nitrogens with zero attached hydrogens (tertiary/aromatic N) is 2. The smallest absolute Gasteiger partial charge is 0.329 e. The summed E-state index contributed by atoms with van der Waals surface area (Å²) in [6.45, 7) is 2.09. The molecule has 0 N–H and O–H groups in total. The number of esters is 1. The fourth-order valence-corrected chi connectivity index (χ4v) is 3.41. The molecule has 0 bridgehead atoms. The Bertz CT molecular complexity index is 933. The zero-order valence-electron chi connectivity index (χ0n) is 14.0. The molecule has 0 spiro atoms. The molecule has 0 aliphatic heterocycles. The lowest BCUT2D eigenvalue weighted by atomic mass is 10.2. The van der Waals surface area contributed by atoms with Crippen molar-refractivity contribution in [2.75, 3.05) is 20.3 Å². The van der Waals surface area contributed by atoms with Crippen molar-refractivity contribution in [2.24, 2.45) is 0 Å². The summed E-state index contributed by atoms with van der Waals surface area (Å²) < 4.78 is 11.2. The van der Waals surface area contributed by atoms with Crippen LogP contribution in [0.5, 0.6) is 0 Å². The van der Waals surface area contributed by atoms with E-state index in [0.29, 0.717) is 16.8 Å². The average molecular weight is 358 g/mol. The minimum Gasteiger partial charge on any atom is -0.462 e. The molecule has 3 rings (SSSR count). The van der Waals surface area contributed by atoms with Gasteiger partial charge < -0.3 is 9.47 Å². The van der Waals surface area contributed by atoms with Crippen molar-refractivity contribution in [1.29, 1.82) is 0 Å². The molecular weight excluding hydrogens is 340 g/mol. The normalized spacial score (nSPS) is 12.2. The van der Waals surface area contributed by atoms with Crippen LogP contribution in [0.25, 0.3) is 20.7 Å². The number of hydrogen-bond acceptors (Lipinski definition) is 6. The molecule has 1 atom stereocenters. The van der Waals surface area contributed by atoms with Gasteiger partial charge in [-0.3, -0.25) is 9.36 Å². The zero-order valence-corrected chi connectivity index (χ0v) is 14.8. The average Bonchev–Trinajstić information content (AvgIpc) is 3.08. The van der Waals surface area contributed by atoms with Crippen molar-refractivity contribution in [3.05, 3.63) is 53.1 Å². The quantitative estimate of drug-likeness (QED) is 0.500. The molecule has 130 valence electrons. The molecule has 2 aromatic heterocycles. The van der Waals surface area contributed by atoms with Gasteiger partial charge in [0.15, 0.2) is 0 Å². The van der Waals surface area contributed by atoms with Gasteiger partial charge in [0.1, 0.15) is 17.5 Å². The maximum absolute atomic E-state index is 12.7. The van der Waals surface area contributed by atoms with Crippen molar-refractivity contribution in [3.63, 3.8) is 0 Å². The number of carbonyl (C=O) groups is 1. The van der Waals surface area contributed by atoms with E-state index in [1.165, 1.54) is 29.3 Å². The Morgan fingerprint density at radius 3 is 2.76 bits per heavy atom. The number of fused-ring (bicyclic) bond motifs is 1. The van der Waals surface area contributed by atoms with E-state index in [1.54, 1.807) is 6.92 Å². The van der Waals surface area contributed by atoms with Crippen molar-refractivity contribution in [3.8, 4) is 10.4 Å². The lowest BCUT2D eigenvalue weighted by Gasteiger charge is -2.13. The molecule has 0 saturated carbocycles. The molecule has 1 aromatic carbocycles. The number of thiophene rings is 1. The lowest BCUT2D eigenvalue weighted by molar-refractivity contribution is -0.148. The molecule has 0 aliphatic carbocycles. The van der Waals surface area contributed by atoms with E-state index in [2.05, 4.69) is 4.98 Å². The second-order valence-corrected chi connectivity index (χ2v) is 6.52. The molecule has 25 heavy (non-hydrogen) atoms. The van der Waals surface area contributed by atoms with Crippen LogP contribution in [0.3, 0.4) is 0 Å². The van der Waals surface area contributed by atoms with E-state index in [9.17, 15) is 9.59 Å². The second-order valence-electron chi connectivity index (χ2n) is 5.49. The van der Waals surface area contributed by atoms with Crippen LogP contribution in [0.15, 0.2) is 47.5 Å². The van der Waals surface area contributed by atoms with Gasteiger partial charge in [0.25, 0.3) is 5.56 Å². The topological polar surface area (TPSA) is 70.4 Å². The van der Waals surface area contributed by atoms with Gasteiger partial charge in [0, 0.05) is 12.0 Å². The molecule has 6 nitrogen and oxygen atoms in total. The summed E-state index contributed by atoms with van der Waals surface area (Å²) >= 11 is 1.45. The summed E-state index contributed by atoms with van der Waals surface area (Å²) in [5, 5.41) is 0.503. The largest absolute Gasteiger partial charge is 0.462 e. The highest BCUT2D eigenvalue weighted by Gasteiger charge is 2.20. The Balaban J connectivity index is 1.92. The first-order valence-electron chi connectivity index (χ1n) is 7.83. The van der Waals surface area contributed by atoms with Gasteiger partial charge in [-0.1, -0.05) is 30.3 Å². The van der Waals surface area contributed by atoms with Crippen LogP contribution in [0, 0.1) is 0 Å². The van der Waals surface area contributed by atoms with Crippen LogP contribution < -0.4 is 5.56 Å². The molecule has 3 aromatic rings. The number of methoxy groups -OCH3 is 1. The maximum Gasteiger partial charge on any atom is 0.329 e. The van der Waals surface area contributed by atoms with E-state index >= 15 is 0 Å². The Labute approximate surface area is 148 Å². The number of aromatic nitrogens is 2. The first kappa shape index (κ1) is 17.3. The predicted octanol–water partition coefficient (Wildman–Crippen LogP) is 2.88. The minimum absolute atomic E-state index is 0.153. The standard InChI is InChI=1S/C18H18N2O4S/c1-12(18(22)24-9-8-23-2)20-11-19-16-14(17(20)21)10-15(25-16)13-6-4-3-5-7-13/h3-7,10-12H,8-9H2,1-2H3/t12-/m0/s1. The highest BCUT2D eigenvalue weighted by molar-refractivity contribution is 7.21. The first-order chi connectivity index (χ1) is 12.1. The van der Waals surface area contributed by atoms with Crippen molar-refractivity contribution in [1.82, 2.24) is 9.55 Å². The Morgan fingerprint density at radius 2 is 2.04 bits per heavy atom. The summed E-state index contributed by atoms with van der Waals surface area (Å²) in [4.78, 5) is 30.8. The van der Waals surface area contributed by atoms with Gasteiger partial charge in [-0.25, -0.2) is 9.78 Å². The van der Waals surface area contributed by atoms with Gasteiger partial charge in [-0.2, -0.15) is 0 Å². The monoisotopic (exact) mass is 358 g/mol. The molecule has 2 heterocycles. The summed E-state index contributed by atoms with van der Waals surface area (Å²) in [5.74, 6) is -0.487. The van der Waals surface area contributed by atoms with Gasteiger partial charge in [-0.05, 0) is 18.6 Å². The number of carbonyl (C=O) groups excluding carboxylic acids is 1. The highest BCUT2D eigenvalue weighted by atomic mass is 32.1. The van der Waals surface area contributed by atoms with Gasteiger partial charge in [0.05, 0.1) is 18.3 Å². The minimum atomic E-state index is -0.749. The van der Waals surface area contributed by atoms with Crippen molar-refractivity contribution >= 4 is 27.5 Å². The Kier molecular flexibility index (Phi) is 5.25. The van der Waals surface area contributed by atoms with E-state index in [0.717, 1.165) is 10.4 Å². The molecule has 0 saturated heterocycles. The van der Waals surface area contributed by atoms with Crippen LogP contribution >= 0.6 is 11.3 Å². The lowest BCUT2D eigenvalue weighted by Crippen LogP contribution is -2.29. The molecular formula is C18H18N2O4S. The maximum atomic E-state index is 12.7. The van der Waals surface area contributed by atoms with Crippen LogP contribution in [-0.2, 0) is 14.3 Å². The van der Waals surface area contributed by atoms with Crippen LogP contribution in [0.2, 0.25) is 0 Å². The van der Waals surface area contributed by atoms with Gasteiger partial charge in [0.2, 0.25) is 0 Å². The first-order valence-corrected chi connectivity index (χ1v) is 8.65. The molecule has 0 unspecified atom stereocenters. The SMILES string of the molecule is COCCOC(=O)[C@H](C)n1cnc2sc(-c3ccccc3)cc2c1=O. The molecule has 0 aliphatic rings. The number of rotatable bonds is 6. The third-order valence-electron chi connectivity index (χ3n) is 3.83. The second kappa shape index (κ2) is 7.58. The van der Waals surface area contributed by atoms with Gasteiger partial charge in [-0.15, -0.1) is 11.3 Å². The molecule has 0 fully saturated rings. The zero-order chi connectivity index (χ0) is 17.8. The summed E-state index contributed by atoms with van der Waals surface area (Å²) in [6.07, 6.45) is 1.40. The van der Waals surface area contributed by atoms with Crippen molar-refractivity contribution in [2.45, 2.75) is 13.0 Å². The fraction of sp³-hybridized carbons (Fsp3) is 0.278. The van der Waals surface area contributed by atoms with E-state index in [1.807, 2.05) is 36.4 Å². The Hall–Kier alpha value is -2.51. The van der Waals surface area contributed by atoms with Crippen LogP contribution in [0.4, 0.5) is 0 Å². The summed E-state index contributed by atoms with van der Waals surface area (Å²) in [7, 11) is 1.53. The fourth-order valence-electron chi connectivity index (χ4n) is 2.42. The van der Waals surface area contributed by atoms with Crippen LogP contribution in [0.1, 0.15) is 13.0 Å². The Morgan fingerprint density at radius 1 is 1.28 bits per heavy atom. The van der Waals surface area contributed by atoms with Crippen LogP contribution in [-0.4, -0.2) is 35.8 Å². The van der Waals surface area contributed by atoms with Crippen molar-refractivity contribution < 1.29 is 14.3 Å². The van der Waals surface area contributed by atoms with E-state index in [4.69, 9.17) is 9.47 Å². The number of ether oxygens (including phenoxy) is 2. The third-order valence-corrected chi connectivity index (χ3v) is 4.92. The van der Waals surface area contributed by atoms with Gasteiger partial charge >= 0.3 is 5.97 Å². The molecule has 7 heteroatoms. The molecule has 0 amide bonds.